The van der Waals surface area contributed by atoms with Crippen molar-refractivity contribution in [3.63, 3.8) is 0 Å². The van der Waals surface area contributed by atoms with Crippen LogP contribution in [0.15, 0.2) is 23.1 Å². The quantitative estimate of drug-likeness (QED) is 0.550. The van der Waals surface area contributed by atoms with E-state index in [-0.39, 0.29) is 0 Å². The number of hydrogen-bond acceptors (Lipinski definition) is 2. The van der Waals surface area contributed by atoms with Crippen LogP contribution < -0.4 is 0 Å². The molecule has 12 heavy (non-hydrogen) atoms. The second kappa shape index (κ2) is 3.20. The van der Waals surface area contributed by atoms with E-state index in [9.17, 15) is 0 Å². The molecule has 0 amide bonds. The van der Waals surface area contributed by atoms with Crippen LogP contribution in [0.4, 0.5) is 0 Å². The van der Waals surface area contributed by atoms with Crippen molar-refractivity contribution < 1.29 is 0 Å². The Hall–Kier alpha value is 0.260. The molecule has 0 fully saturated rings. The maximum atomic E-state index is 4.45. The fourth-order valence-electron chi connectivity index (χ4n) is 1.16. The topological polar surface area (TPSA) is 0 Å². The molecule has 1 heterocycles. The zero-order valence-corrected chi connectivity index (χ0v) is 10.3. The van der Waals surface area contributed by atoms with Crippen LogP contribution in [-0.2, 0) is 0 Å². The summed E-state index contributed by atoms with van der Waals surface area (Å²) >= 11 is 8.59. The molecular weight excluding hydrogens is 299 g/mol. The molecule has 0 N–H and O–H groups in total. The van der Waals surface area contributed by atoms with Crippen LogP contribution in [0.1, 0.15) is 5.56 Å². The molecule has 3 heteroatoms. The monoisotopic (exact) mass is 306 g/mol. The summed E-state index contributed by atoms with van der Waals surface area (Å²) in [6.07, 6.45) is 0. The van der Waals surface area contributed by atoms with Gasteiger partial charge < -0.3 is 0 Å². The lowest BCUT2D eigenvalue weighted by Crippen LogP contribution is -1.69. The fraction of sp³-hybridized carbons (Fsp3) is 0.111. The second-order valence-electron chi connectivity index (χ2n) is 2.72. The molecule has 0 spiro atoms. The van der Waals surface area contributed by atoms with Gasteiger partial charge in [-0.05, 0) is 41.1 Å². The molecule has 0 aliphatic heterocycles. The zero-order chi connectivity index (χ0) is 8.72. The van der Waals surface area contributed by atoms with Crippen LogP contribution in [0.5, 0.6) is 0 Å². The Morgan fingerprint density at radius 1 is 1.42 bits per heavy atom. The number of halogens is 1. The molecule has 0 unspecified atom stereocenters. The number of benzene rings is 1. The van der Waals surface area contributed by atoms with Crippen molar-refractivity contribution in [1.82, 2.24) is 0 Å². The van der Waals surface area contributed by atoms with Gasteiger partial charge >= 0.3 is 0 Å². The highest BCUT2D eigenvalue weighted by molar-refractivity contribution is 14.1. The van der Waals surface area contributed by atoms with E-state index in [4.69, 9.17) is 0 Å². The number of hydrogen-bond donors (Lipinski definition) is 1. The van der Waals surface area contributed by atoms with Crippen LogP contribution in [0.25, 0.3) is 10.1 Å². The van der Waals surface area contributed by atoms with Gasteiger partial charge in [0, 0.05) is 15.0 Å². The number of aryl methyl sites for hydroxylation is 1. The lowest BCUT2D eigenvalue weighted by atomic mass is 10.2. The molecule has 1 aromatic heterocycles. The summed E-state index contributed by atoms with van der Waals surface area (Å²) in [6, 6.07) is 6.48. The van der Waals surface area contributed by atoms with E-state index in [2.05, 4.69) is 60.3 Å². The van der Waals surface area contributed by atoms with Gasteiger partial charge in [-0.1, -0.05) is 12.1 Å². The standard InChI is InChI=1S/C9H7IS2/c1-5-2-3-6-7(4-5)12-9(10)8(6)11/h2-4,11H,1H3. The average Bonchev–Trinajstić information content (AvgIpc) is 2.28. The Labute approximate surface area is 94.5 Å². The smallest absolute Gasteiger partial charge is 0.0799 e. The van der Waals surface area contributed by atoms with Crippen LogP contribution in [0, 0.1) is 9.81 Å². The second-order valence-corrected chi connectivity index (χ2v) is 6.03. The highest BCUT2D eigenvalue weighted by atomic mass is 127. The molecule has 62 valence electrons. The van der Waals surface area contributed by atoms with E-state index in [1.54, 1.807) is 11.3 Å². The van der Waals surface area contributed by atoms with Crippen molar-refractivity contribution in [2.24, 2.45) is 0 Å². The first-order valence-electron chi connectivity index (χ1n) is 3.56. The predicted octanol–water partition coefficient (Wildman–Crippen LogP) is 4.10. The fourth-order valence-corrected chi connectivity index (χ4v) is 3.49. The highest BCUT2D eigenvalue weighted by Gasteiger charge is 2.05. The van der Waals surface area contributed by atoms with E-state index in [0.29, 0.717) is 0 Å². The Bertz CT molecular complexity index is 431. The summed E-state index contributed by atoms with van der Waals surface area (Å²) in [7, 11) is 0. The van der Waals surface area contributed by atoms with Gasteiger partial charge in [-0.2, -0.15) is 0 Å². The van der Waals surface area contributed by atoms with Crippen molar-refractivity contribution in [3.8, 4) is 0 Å². The Morgan fingerprint density at radius 3 is 2.92 bits per heavy atom. The van der Waals surface area contributed by atoms with E-state index < -0.39 is 0 Å². The summed E-state index contributed by atoms with van der Waals surface area (Å²) in [6.45, 7) is 2.12. The van der Waals surface area contributed by atoms with E-state index in [0.717, 1.165) is 4.90 Å². The van der Waals surface area contributed by atoms with Crippen molar-refractivity contribution in [1.29, 1.82) is 0 Å². The molecule has 0 aliphatic rings. The third-order valence-corrected chi connectivity index (χ3v) is 4.96. The first-order chi connectivity index (χ1) is 5.68. The van der Waals surface area contributed by atoms with Crippen molar-refractivity contribution >= 4 is 56.6 Å². The minimum atomic E-state index is 1.12. The summed E-state index contributed by atoms with van der Waals surface area (Å²) < 4.78 is 2.61. The van der Waals surface area contributed by atoms with Crippen molar-refractivity contribution in [3.05, 3.63) is 26.6 Å². The lowest BCUT2D eigenvalue weighted by molar-refractivity contribution is 1.50. The van der Waals surface area contributed by atoms with Crippen molar-refractivity contribution in [2.75, 3.05) is 0 Å². The van der Waals surface area contributed by atoms with Gasteiger partial charge in [0.2, 0.25) is 0 Å². The maximum Gasteiger partial charge on any atom is 0.0799 e. The average molecular weight is 306 g/mol. The Morgan fingerprint density at radius 2 is 2.17 bits per heavy atom. The summed E-state index contributed by atoms with van der Waals surface area (Å²) in [4.78, 5) is 1.12. The summed E-state index contributed by atoms with van der Waals surface area (Å²) in [5.41, 5.74) is 1.31. The molecule has 0 atom stereocenters. The molecule has 1 aromatic carbocycles. The molecule has 2 aromatic rings. The van der Waals surface area contributed by atoms with Gasteiger partial charge in [0.15, 0.2) is 0 Å². The Kier molecular flexibility index (Phi) is 2.35. The first kappa shape index (κ1) is 8.84. The maximum absolute atomic E-state index is 4.45. The predicted molar refractivity (Wildman–Crippen MR) is 66.5 cm³/mol. The van der Waals surface area contributed by atoms with Crippen LogP contribution in [-0.4, -0.2) is 0 Å². The molecule has 0 saturated heterocycles. The third-order valence-electron chi connectivity index (χ3n) is 1.78. The van der Waals surface area contributed by atoms with Crippen LogP contribution in [0.3, 0.4) is 0 Å². The van der Waals surface area contributed by atoms with Gasteiger partial charge in [-0.25, -0.2) is 0 Å². The van der Waals surface area contributed by atoms with Gasteiger partial charge in [0.1, 0.15) is 0 Å². The molecular formula is C9H7IS2. The van der Waals surface area contributed by atoms with Gasteiger partial charge in [0.25, 0.3) is 0 Å². The SMILES string of the molecule is Cc1ccc2c(S)c(I)sc2c1. The number of thiophene rings is 1. The number of fused-ring (bicyclic) bond motifs is 1. The summed E-state index contributed by atoms with van der Waals surface area (Å²) in [5, 5.41) is 1.28. The highest BCUT2D eigenvalue weighted by Crippen LogP contribution is 2.35. The minimum Gasteiger partial charge on any atom is -0.141 e. The van der Waals surface area contributed by atoms with Crippen molar-refractivity contribution in [2.45, 2.75) is 11.8 Å². The van der Waals surface area contributed by atoms with E-state index in [1.165, 1.54) is 18.5 Å². The van der Waals surface area contributed by atoms with Crippen LogP contribution >= 0.6 is 46.6 Å². The van der Waals surface area contributed by atoms with E-state index in [1.807, 2.05) is 0 Å². The number of rotatable bonds is 0. The van der Waals surface area contributed by atoms with Crippen LogP contribution in [0.2, 0.25) is 0 Å². The molecule has 0 aliphatic carbocycles. The molecule has 0 saturated carbocycles. The van der Waals surface area contributed by atoms with Gasteiger partial charge in [-0.15, -0.1) is 24.0 Å². The minimum absolute atomic E-state index is 1.12. The van der Waals surface area contributed by atoms with E-state index >= 15 is 0 Å². The van der Waals surface area contributed by atoms with Gasteiger partial charge in [0.05, 0.1) is 2.88 Å². The lowest BCUT2D eigenvalue weighted by Gasteiger charge is -1.92. The first-order valence-corrected chi connectivity index (χ1v) is 5.90. The molecule has 2 rings (SSSR count). The number of thiol groups is 1. The largest absolute Gasteiger partial charge is 0.141 e. The molecule has 0 bridgehead atoms. The third kappa shape index (κ3) is 1.38. The molecule has 0 radical (unpaired) electrons. The Balaban J connectivity index is 2.87. The zero-order valence-electron chi connectivity index (χ0n) is 6.47. The summed E-state index contributed by atoms with van der Waals surface area (Å²) in [5.74, 6) is 0. The molecule has 0 nitrogen and oxygen atoms in total. The normalized spacial score (nSPS) is 10.9. The van der Waals surface area contributed by atoms with Gasteiger partial charge in [-0.3, -0.25) is 0 Å².